The first-order chi connectivity index (χ1) is 5.99. The number of rotatable bonds is 3. The summed E-state index contributed by atoms with van der Waals surface area (Å²) in [4.78, 5) is 10.0. The molecule has 1 unspecified atom stereocenters. The van der Waals surface area contributed by atoms with Crippen molar-refractivity contribution in [3.05, 3.63) is 0 Å². The fourth-order valence-corrected chi connectivity index (χ4v) is 1.36. The first-order valence-corrected chi connectivity index (χ1v) is 4.08. The zero-order valence-corrected chi connectivity index (χ0v) is 7.02. The van der Waals surface area contributed by atoms with Crippen molar-refractivity contribution < 1.29 is 18.7 Å². The predicted octanol–water partition coefficient (Wildman–Crippen LogP) is 0.641. The average molecular weight is 194 g/mol. The lowest BCUT2D eigenvalue weighted by Crippen LogP contribution is -2.29. The minimum atomic E-state index is -2.63. The lowest BCUT2D eigenvalue weighted by Gasteiger charge is -2.09. The van der Waals surface area contributed by atoms with Crippen molar-refractivity contribution in [2.75, 3.05) is 13.1 Å². The number of halogens is 2. The lowest BCUT2D eigenvalue weighted by molar-refractivity contribution is 0.0209. The predicted molar refractivity (Wildman–Crippen MR) is 42.0 cm³/mol. The van der Waals surface area contributed by atoms with Crippen molar-refractivity contribution in [3.8, 4) is 0 Å². The number of hydrogen-bond acceptors (Lipinski definition) is 2. The van der Waals surface area contributed by atoms with Crippen LogP contribution in [0.5, 0.6) is 0 Å². The maximum Gasteiger partial charge on any atom is 0.404 e. The summed E-state index contributed by atoms with van der Waals surface area (Å²) in [6.45, 7) is -0.0895. The van der Waals surface area contributed by atoms with Crippen LogP contribution in [0.25, 0.3) is 0 Å². The summed E-state index contributed by atoms with van der Waals surface area (Å²) in [7, 11) is 0. The van der Waals surface area contributed by atoms with Gasteiger partial charge in [0.2, 0.25) is 0 Å². The van der Waals surface area contributed by atoms with Crippen LogP contribution in [0.1, 0.15) is 12.8 Å². The summed E-state index contributed by atoms with van der Waals surface area (Å²) in [5.41, 5.74) is 0. The second kappa shape index (κ2) is 3.87. The second-order valence-corrected chi connectivity index (χ2v) is 3.16. The highest BCUT2D eigenvalue weighted by atomic mass is 19.3. The van der Waals surface area contributed by atoms with Gasteiger partial charge in [0.25, 0.3) is 5.92 Å². The molecule has 6 heteroatoms. The molecule has 4 nitrogen and oxygen atoms in total. The highest BCUT2D eigenvalue weighted by molar-refractivity contribution is 5.64. The third-order valence-electron chi connectivity index (χ3n) is 1.96. The van der Waals surface area contributed by atoms with Crippen molar-refractivity contribution in [2.24, 2.45) is 0 Å². The van der Waals surface area contributed by atoms with Gasteiger partial charge in [0.05, 0.1) is 6.54 Å². The Labute approximate surface area is 74.3 Å². The minimum absolute atomic E-state index is 0.200. The van der Waals surface area contributed by atoms with Crippen molar-refractivity contribution in [3.63, 3.8) is 0 Å². The molecule has 1 fully saturated rings. The van der Waals surface area contributed by atoms with Crippen LogP contribution < -0.4 is 10.6 Å². The van der Waals surface area contributed by atoms with Crippen LogP contribution in [0, 0.1) is 0 Å². The van der Waals surface area contributed by atoms with E-state index in [9.17, 15) is 13.6 Å². The van der Waals surface area contributed by atoms with Gasteiger partial charge in [-0.15, -0.1) is 0 Å². The molecule has 1 atom stereocenters. The second-order valence-electron chi connectivity index (χ2n) is 3.16. The van der Waals surface area contributed by atoms with Crippen molar-refractivity contribution in [2.45, 2.75) is 24.8 Å². The Morgan fingerprint density at radius 1 is 1.69 bits per heavy atom. The van der Waals surface area contributed by atoms with Gasteiger partial charge in [-0.2, -0.15) is 0 Å². The van der Waals surface area contributed by atoms with E-state index in [-0.39, 0.29) is 25.6 Å². The molecule has 1 rings (SSSR count). The van der Waals surface area contributed by atoms with E-state index in [1.54, 1.807) is 0 Å². The Morgan fingerprint density at radius 2 is 2.38 bits per heavy atom. The largest absolute Gasteiger partial charge is 0.465 e. The molecule has 0 aliphatic carbocycles. The smallest absolute Gasteiger partial charge is 0.404 e. The quantitative estimate of drug-likeness (QED) is 0.618. The number of nitrogens with one attached hydrogen (secondary N) is 2. The standard InChI is InChI=1S/C7H12F2N2O2/c8-7(9)3-5(11-4-7)1-2-10-6(12)13/h5,10-11H,1-4H2,(H,12,13). The van der Waals surface area contributed by atoms with Gasteiger partial charge in [-0.1, -0.05) is 0 Å². The highest BCUT2D eigenvalue weighted by Gasteiger charge is 2.38. The topological polar surface area (TPSA) is 61.4 Å². The molecule has 3 N–H and O–H groups in total. The highest BCUT2D eigenvalue weighted by Crippen LogP contribution is 2.26. The number of amides is 1. The molecule has 0 aromatic carbocycles. The van der Waals surface area contributed by atoms with E-state index in [0.29, 0.717) is 6.42 Å². The number of hydrogen-bond donors (Lipinski definition) is 3. The first kappa shape index (κ1) is 10.2. The van der Waals surface area contributed by atoms with Gasteiger partial charge in [0, 0.05) is 19.0 Å². The van der Waals surface area contributed by atoms with Crippen LogP contribution in [-0.2, 0) is 0 Å². The third-order valence-corrected chi connectivity index (χ3v) is 1.96. The molecule has 1 aliphatic heterocycles. The van der Waals surface area contributed by atoms with E-state index in [1.807, 2.05) is 0 Å². The summed E-state index contributed by atoms with van der Waals surface area (Å²) in [6.07, 6.45) is -0.916. The van der Waals surface area contributed by atoms with E-state index in [0.717, 1.165) is 0 Å². The molecule has 76 valence electrons. The summed E-state index contributed by atoms with van der Waals surface area (Å²) in [6, 6.07) is -0.276. The van der Waals surface area contributed by atoms with Gasteiger partial charge in [-0.3, -0.25) is 0 Å². The van der Waals surface area contributed by atoms with E-state index >= 15 is 0 Å². The van der Waals surface area contributed by atoms with Crippen molar-refractivity contribution in [1.29, 1.82) is 0 Å². The molecule has 1 amide bonds. The number of carbonyl (C=O) groups is 1. The summed E-state index contributed by atoms with van der Waals surface area (Å²) in [5.74, 6) is -2.63. The lowest BCUT2D eigenvalue weighted by atomic mass is 10.1. The van der Waals surface area contributed by atoms with Crippen LogP contribution in [-0.4, -0.2) is 36.3 Å². The Bertz CT molecular complexity index is 199. The Balaban J connectivity index is 2.14. The Kier molecular flexibility index (Phi) is 3.02. The first-order valence-electron chi connectivity index (χ1n) is 4.08. The van der Waals surface area contributed by atoms with E-state index in [2.05, 4.69) is 10.6 Å². The molecule has 0 radical (unpaired) electrons. The van der Waals surface area contributed by atoms with E-state index in [1.165, 1.54) is 0 Å². The van der Waals surface area contributed by atoms with Gasteiger partial charge in [-0.05, 0) is 6.42 Å². The zero-order valence-electron chi connectivity index (χ0n) is 7.02. The normalized spacial score (nSPS) is 25.8. The summed E-state index contributed by atoms with van der Waals surface area (Å²) < 4.78 is 25.2. The molecule has 1 heterocycles. The summed E-state index contributed by atoms with van der Waals surface area (Å²) >= 11 is 0. The van der Waals surface area contributed by atoms with Crippen LogP contribution >= 0.6 is 0 Å². The minimum Gasteiger partial charge on any atom is -0.465 e. The molecular formula is C7H12F2N2O2. The van der Waals surface area contributed by atoms with Crippen LogP contribution in [0.15, 0.2) is 0 Å². The van der Waals surface area contributed by atoms with E-state index < -0.39 is 12.0 Å². The molecule has 0 spiro atoms. The molecule has 1 saturated heterocycles. The maximum absolute atomic E-state index is 12.6. The molecule has 0 aromatic rings. The molecular weight excluding hydrogens is 182 g/mol. The van der Waals surface area contributed by atoms with Gasteiger partial charge < -0.3 is 15.7 Å². The van der Waals surface area contributed by atoms with Crippen LogP contribution in [0.3, 0.4) is 0 Å². The van der Waals surface area contributed by atoms with E-state index in [4.69, 9.17) is 5.11 Å². The van der Waals surface area contributed by atoms with Crippen LogP contribution in [0.2, 0.25) is 0 Å². The fourth-order valence-electron chi connectivity index (χ4n) is 1.36. The number of alkyl halides is 2. The van der Waals surface area contributed by atoms with Crippen LogP contribution in [0.4, 0.5) is 13.6 Å². The van der Waals surface area contributed by atoms with Gasteiger partial charge in [0.1, 0.15) is 0 Å². The Hall–Kier alpha value is -0.910. The fraction of sp³-hybridized carbons (Fsp3) is 0.857. The molecule has 0 aromatic heterocycles. The molecule has 13 heavy (non-hydrogen) atoms. The average Bonchev–Trinajstić information content (AvgIpc) is 2.29. The zero-order chi connectivity index (χ0) is 9.90. The van der Waals surface area contributed by atoms with Gasteiger partial charge in [0.15, 0.2) is 0 Å². The van der Waals surface area contributed by atoms with Crippen molar-refractivity contribution in [1.82, 2.24) is 10.6 Å². The molecule has 0 saturated carbocycles. The Morgan fingerprint density at radius 3 is 2.85 bits per heavy atom. The summed E-state index contributed by atoms with van der Waals surface area (Å²) in [5, 5.41) is 13.0. The van der Waals surface area contributed by atoms with Crippen molar-refractivity contribution >= 4 is 6.09 Å². The maximum atomic E-state index is 12.6. The monoisotopic (exact) mass is 194 g/mol. The SMILES string of the molecule is O=C(O)NCCC1CC(F)(F)CN1. The van der Waals surface area contributed by atoms with Gasteiger partial charge in [-0.25, -0.2) is 13.6 Å². The molecule has 0 bridgehead atoms. The third kappa shape index (κ3) is 3.54. The molecule has 1 aliphatic rings. The van der Waals surface area contributed by atoms with Gasteiger partial charge >= 0.3 is 6.09 Å². The number of carboxylic acid groups (broad SMARTS) is 1.